The third kappa shape index (κ3) is 4.07. The number of terminal acetylenes is 1. The molecule has 3 aromatic heterocycles. The van der Waals surface area contributed by atoms with E-state index in [1.165, 1.54) is 27.8 Å². The van der Waals surface area contributed by atoms with Crippen LogP contribution in [0, 0.1) is 12.3 Å². The van der Waals surface area contributed by atoms with Gasteiger partial charge in [0.05, 0.1) is 23.3 Å². The number of aromatic nitrogens is 3. The molecule has 0 bridgehead atoms. The van der Waals surface area contributed by atoms with Gasteiger partial charge in [0.2, 0.25) is 0 Å². The zero-order valence-electron chi connectivity index (χ0n) is 16.8. The molecular weight excluding hydrogens is 380 g/mol. The maximum atomic E-state index is 13.2. The minimum absolute atomic E-state index is 0.165. The monoisotopic (exact) mass is 402 g/mol. The second-order valence-corrected chi connectivity index (χ2v) is 7.72. The van der Waals surface area contributed by atoms with Crippen LogP contribution in [0.5, 0.6) is 0 Å². The largest absolute Gasteiger partial charge is 0.363 e. The van der Waals surface area contributed by atoms with Crippen molar-refractivity contribution in [3.63, 3.8) is 0 Å². The summed E-state index contributed by atoms with van der Waals surface area (Å²) >= 11 is 1.33. The fraction of sp³-hybridized carbons (Fsp3) is 0.217. The van der Waals surface area contributed by atoms with Crippen molar-refractivity contribution in [2.24, 2.45) is 0 Å². The predicted octanol–water partition coefficient (Wildman–Crippen LogP) is 4.61. The lowest BCUT2D eigenvalue weighted by Crippen LogP contribution is -2.18. The lowest BCUT2D eigenvalue weighted by molar-refractivity contribution is 1.00. The molecule has 29 heavy (non-hydrogen) atoms. The van der Waals surface area contributed by atoms with Gasteiger partial charge in [-0.3, -0.25) is 9.36 Å². The Labute approximate surface area is 174 Å². The van der Waals surface area contributed by atoms with Crippen molar-refractivity contribution in [3.05, 3.63) is 65.1 Å². The Morgan fingerprint density at radius 3 is 2.90 bits per heavy atom. The third-order valence-corrected chi connectivity index (χ3v) is 5.42. The maximum Gasteiger partial charge on any atom is 0.276 e. The van der Waals surface area contributed by atoms with Crippen LogP contribution >= 0.6 is 11.3 Å². The summed E-state index contributed by atoms with van der Waals surface area (Å²) in [4.78, 5) is 24.9. The summed E-state index contributed by atoms with van der Waals surface area (Å²) in [5, 5.41) is 0.845. The molecule has 6 heteroatoms. The molecule has 0 aliphatic heterocycles. The Kier molecular flexibility index (Phi) is 6.13. The molecule has 0 saturated carbocycles. The molecule has 0 aromatic carbocycles. The van der Waals surface area contributed by atoms with Gasteiger partial charge in [0, 0.05) is 13.2 Å². The molecule has 3 heterocycles. The topological polar surface area (TPSA) is 51.0 Å². The average Bonchev–Trinajstić information content (AvgIpc) is 3.09. The normalized spacial score (nSPS) is 10.3. The van der Waals surface area contributed by atoms with Gasteiger partial charge in [-0.2, -0.15) is 0 Å². The van der Waals surface area contributed by atoms with Gasteiger partial charge in [0.25, 0.3) is 5.56 Å². The molecule has 0 spiro atoms. The Hall–Kier alpha value is -3.39. The summed E-state index contributed by atoms with van der Waals surface area (Å²) < 4.78 is 2.01. The standard InChI is InChI=1S/C23H22N4OS/c1-6-14-26(5)18-12-13-24-22-19(18)20-21(29-22)23(28)27(15-25-20)17(7-2)11-9-8-10-16(3)4/h1,7,9-10,12-13,15H,2,8,14H2,3-5H3. The number of rotatable bonds is 6. The number of thiophene rings is 1. The summed E-state index contributed by atoms with van der Waals surface area (Å²) in [7, 11) is 1.91. The van der Waals surface area contributed by atoms with Crippen LogP contribution in [-0.2, 0) is 0 Å². The van der Waals surface area contributed by atoms with E-state index in [0.717, 1.165) is 22.3 Å². The number of pyridine rings is 1. The van der Waals surface area contributed by atoms with E-state index in [1.807, 2.05) is 37.9 Å². The first-order valence-corrected chi connectivity index (χ1v) is 9.94. The lowest BCUT2D eigenvalue weighted by atomic mass is 10.2. The molecule has 3 aromatic rings. The van der Waals surface area contributed by atoms with E-state index < -0.39 is 0 Å². The quantitative estimate of drug-likeness (QED) is 0.261. The van der Waals surface area contributed by atoms with Crippen molar-refractivity contribution in [1.82, 2.24) is 14.5 Å². The first-order chi connectivity index (χ1) is 14.0. The predicted molar refractivity (Wildman–Crippen MR) is 123 cm³/mol. The van der Waals surface area contributed by atoms with Crippen LogP contribution in [0.2, 0.25) is 0 Å². The van der Waals surface area contributed by atoms with E-state index in [2.05, 4.69) is 34.3 Å². The van der Waals surface area contributed by atoms with Gasteiger partial charge in [-0.15, -0.1) is 17.8 Å². The van der Waals surface area contributed by atoms with Gasteiger partial charge in [-0.05, 0) is 38.5 Å². The maximum absolute atomic E-state index is 13.2. The third-order valence-electron chi connectivity index (χ3n) is 4.35. The van der Waals surface area contributed by atoms with E-state index in [1.54, 1.807) is 12.3 Å². The van der Waals surface area contributed by atoms with Crippen molar-refractivity contribution in [1.29, 1.82) is 0 Å². The van der Waals surface area contributed by atoms with E-state index >= 15 is 0 Å². The van der Waals surface area contributed by atoms with Gasteiger partial charge < -0.3 is 4.90 Å². The van der Waals surface area contributed by atoms with Crippen molar-refractivity contribution >= 4 is 43.2 Å². The zero-order chi connectivity index (χ0) is 21.0. The van der Waals surface area contributed by atoms with Crippen LogP contribution in [-0.4, -0.2) is 28.1 Å². The van der Waals surface area contributed by atoms with Gasteiger partial charge in [-0.25, -0.2) is 9.97 Å². The molecule has 5 nitrogen and oxygen atoms in total. The number of nitrogens with zero attached hydrogens (tertiary/aromatic N) is 4. The fourth-order valence-corrected chi connectivity index (χ4v) is 3.98. The molecule has 0 aliphatic carbocycles. The fourth-order valence-electron chi connectivity index (χ4n) is 2.93. The second-order valence-electron chi connectivity index (χ2n) is 6.72. The molecule has 0 unspecified atom stereocenters. The molecule has 0 atom stereocenters. The van der Waals surface area contributed by atoms with Crippen molar-refractivity contribution < 1.29 is 0 Å². The van der Waals surface area contributed by atoms with Crippen LogP contribution in [0.25, 0.3) is 26.1 Å². The summed E-state index contributed by atoms with van der Waals surface area (Å²) in [5.41, 5.74) is 6.30. The van der Waals surface area contributed by atoms with Gasteiger partial charge in [0.1, 0.15) is 21.4 Å². The number of fused-ring (bicyclic) bond motifs is 3. The van der Waals surface area contributed by atoms with Crippen LogP contribution < -0.4 is 10.5 Å². The Morgan fingerprint density at radius 1 is 1.41 bits per heavy atom. The Morgan fingerprint density at radius 2 is 2.21 bits per heavy atom. The highest BCUT2D eigenvalue weighted by Gasteiger charge is 2.17. The molecule has 0 fully saturated rings. The highest BCUT2D eigenvalue weighted by Crippen LogP contribution is 2.35. The summed E-state index contributed by atoms with van der Waals surface area (Å²) in [6, 6.07) is 1.89. The van der Waals surface area contributed by atoms with Gasteiger partial charge in [-0.1, -0.05) is 29.9 Å². The number of anilines is 1. The van der Waals surface area contributed by atoms with E-state index in [4.69, 9.17) is 6.42 Å². The van der Waals surface area contributed by atoms with E-state index in [9.17, 15) is 4.79 Å². The Bertz CT molecular complexity index is 1280. The summed E-state index contributed by atoms with van der Waals surface area (Å²) in [6.07, 6.45) is 15.0. The average molecular weight is 403 g/mol. The molecule has 0 aliphatic rings. The molecular formula is C23H22N4OS. The second kappa shape index (κ2) is 8.74. The van der Waals surface area contributed by atoms with Gasteiger partial charge >= 0.3 is 0 Å². The summed E-state index contributed by atoms with van der Waals surface area (Å²) in [5.74, 6) is 2.64. The molecule has 146 valence electrons. The smallest absolute Gasteiger partial charge is 0.276 e. The summed E-state index contributed by atoms with van der Waals surface area (Å²) in [6.45, 7) is 8.35. The minimum atomic E-state index is -0.165. The first kappa shape index (κ1) is 20.3. The van der Waals surface area contributed by atoms with Crippen LogP contribution in [0.4, 0.5) is 5.69 Å². The molecule has 0 N–H and O–H groups in total. The van der Waals surface area contributed by atoms with Crippen LogP contribution in [0.15, 0.2) is 59.5 Å². The lowest BCUT2D eigenvalue weighted by Gasteiger charge is -2.16. The van der Waals surface area contributed by atoms with Crippen LogP contribution in [0.3, 0.4) is 0 Å². The number of hydrogen-bond acceptors (Lipinski definition) is 5. The van der Waals surface area contributed by atoms with Crippen molar-refractivity contribution in [2.75, 3.05) is 18.5 Å². The van der Waals surface area contributed by atoms with E-state index in [-0.39, 0.29) is 5.56 Å². The highest BCUT2D eigenvalue weighted by atomic mass is 32.1. The Balaban J connectivity index is 2.19. The SMILES string of the molecule is C#CCN(C)c1ccnc2sc3c(=O)n(C(=C=CCC=C(C)C)C=C)cnc3c12. The minimum Gasteiger partial charge on any atom is -0.363 e. The van der Waals surface area contributed by atoms with Crippen molar-refractivity contribution in [2.45, 2.75) is 20.3 Å². The van der Waals surface area contributed by atoms with Crippen molar-refractivity contribution in [3.8, 4) is 12.3 Å². The molecule has 0 saturated heterocycles. The van der Waals surface area contributed by atoms with E-state index in [0.29, 0.717) is 22.5 Å². The first-order valence-electron chi connectivity index (χ1n) is 9.12. The molecule has 3 rings (SSSR count). The number of allylic oxidation sites excluding steroid dienone is 4. The zero-order valence-corrected chi connectivity index (χ0v) is 17.6. The molecule has 0 radical (unpaired) electrons. The van der Waals surface area contributed by atoms with Gasteiger partial charge in [0.15, 0.2) is 0 Å². The number of hydrogen-bond donors (Lipinski definition) is 0. The highest BCUT2D eigenvalue weighted by molar-refractivity contribution is 7.25. The molecule has 0 amide bonds. The van der Waals surface area contributed by atoms with Crippen LogP contribution in [0.1, 0.15) is 20.3 Å².